The van der Waals surface area contributed by atoms with Crippen LogP contribution in [0.1, 0.15) is 0 Å². The molecule has 0 aromatic heterocycles. The molecule has 1 rings (SSSR count). The quantitative estimate of drug-likeness (QED) is 0.452. The molecule has 21 heavy (non-hydrogen) atoms. The summed E-state index contributed by atoms with van der Waals surface area (Å²) in [6.07, 6.45) is 2.87. The van der Waals surface area contributed by atoms with Gasteiger partial charge in [-0.05, 0) is 0 Å². The predicted molar refractivity (Wildman–Crippen MR) is 73.9 cm³/mol. The maximum atomic E-state index is 11.2. The van der Waals surface area contributed by atoms with Gasteiger partial charge in [-0.1, -0.05) is 19.7 Å². The number of carbonyl (C=O) groups is 3. The molecule has 6 heteroatoms. The molecule has 1 aromatic rings. The van der Waals surface area contributed by atoms with E-state index in [2.05, 4.69) is 19.7 Å². The smallest absolute Gasteiger partial charge is 0.335 e. The van der Waals surface area contributed by atoms with Crippen LogP contribution in [-0.4, -0.2) is 17.9 Å². The lowest BCUT2D eigenvalue weighted by molar-refractivity contribution is -0.129. The predicted octanol–water partition coefficient (Wildman–Crippen LogP) is 1.96. The van der Waals surface area contributed by atoms with Crippen molar-refractivity contribution in [1.82, 2.24) is 0 Å². The molecular weight excluding hydrogens is 276 g/mol. The molecule has 0 radical (unpaired) electrons. The van der Waals surface area contributed by atoms with Gasteiger partial charge in [0.15, 0.2) is 0 Å². The van der Waals surface area contributed by atoms with E-state index in [1.54, 1.807) is 0 Å². The number of ether oxygens (including phenoxy) is 3. The van der Waals surface area contributed by atoms with Gasteiger partial charge in [0.05, 0.1) is 0 Å². The molecule has 0 amide bonds. The zero-order valence-corrected chi connectivity index (χ0v) is 11.0. The molecule has 0 unspecified atom stereocenters. The van der Waals surface area contributed by atoms with Gasteiger partial charge in [0, 0.05) is 36.4 Å². The third-order valence-corrected chi connectivity index (χ3v) is 2.01. The van der Waals surface area contributed by atoms with E-state index in [0.717, 1.165) is 18.2 Å². The Labute approximate surface area is 120 Å². The summed E-state index contributed by atoms with van der Waals surface area (Å²) in [5, 5.41) is 0. The average Bonchev–Trinajstić information content (AvgIpc) is 2.46. The van der Waals surface area contributed by atoms with E-state index in [1.807, 2.05) is 0 Å². The number of hydrogen-bond acceptors (Lipinski definition) is 6. The summed E-state index contributed by atoms with van der Waals surface area (Å²) < 4.78 is 14.7. The standard InChI is InChI=1S/C15H12O6/c1-4-13(16)19-10-7-11(20-14(17)5-2)9-12(8-10)21-15(18)6-3/h4-9H,1-3H2. The topological polar surface area (TPSA) is 78.9 Å². The van der Waals surface area contributed by atoms with Crippen LogP contribution in [0.5, 0.6) is 17.2 Å². The molecule has 0 spiro atoms. The first-order valence-electron chi connectivity index (χ1n) is 5.66. The first kappa shape index (κ1) is 15.9. The van der Waals surface area contributed by atoms with Crippen molar-refractivity contribution in [3.8, 4) is 17.2 Å². The summed E-state index contributed by atoms with van der Waals surface area (Å²) in [7, 11) is 0. The van der Waals surface area contributed by atoms with E-state index in [9.17, 15) is 14.4 Å². The van der Waals surface area contributed by atoms with Crippen LogP contribution >= 0.6 is 0 Å². The molecule has 108 valence electrons. The van der Waals surface area contributed by atoms with Gasteiger partial charge >= 0.3 is 17.9 Å². The molecule has 0 saturated carbocycles. The highest BCUT2D eigenvalue weighted by Gasteiger charge is 2.10. The normalized spacial score (nSPS) is 9.14. The second-order valence-electron chi connectivity index (χ2n) is 3.52. The second-order valence-corrected chi connectivity index (χ2v) is 3.52. The van der Waals surface area contributed by atoms with Crippen molar-refractivity contribution in [3.63, 3.8) is 0 Å². The number of hydrogen-bond donors (Lipinski definition) is 0. The summed E-state index contributed by atoms with van der Waals surface area (Å²) in [6, 6.07) is 3.82. The van der Waals surface area contributed by atoms with Crippen LogP contribution in [0, 0.1) is 0 Å². The van der Waals surface area contributed by atoms with Gasteiger partial charge in [-0.15, -0.1) is 0 Å². The van der Waals surface area contributed by atoms with Crippen molar-refractivity contribution in [2.75, 3.05) is 0 Å². The molecule has 0 heterocycles. The van der Waals surface area contributed by atoms with Crippen molar-refractivity contribution in [2.24, 2.45) is 0 Å². The van der Waals surface area contributed by atoms with Crippen LogP contribution in [0.3, 0.4) is 0 Å². The SMILES string of the molecule is C=CC(=O)Oc1cc(OC(=O)C=C)cc(OC(=O)C=C)c1. The van der Waals surface area contributed by atoms with E-state index in [1.165, 1.54) is 18.2 Å². The van der Waals surface area contributed by atoms with Crippen LogP contribution in [0.15, 0.2) is 56.2 Å². The van der Waals surface area contributed by atoms with Crippen molar-refractivity contribution in [1.29, 1.82) is 0 Å². The molecule has 0 aliphatic heterocycles. The molecule has 0 saturated heterocycles. The van der Waals surface area contributed by atoms with Crippen molar-refractivity contribution in [3.05, 3.63) is 56.2 Å². The van der Waals surface area contributed by atoms with E-state index in [4.69, 9.17) is 14.2 Å². The van der Waals surface area contributed by atoms with Crippen LogP contribution in [0.2, 0.25) is 0 Å². The van der Waals surface area contributed by atoms with Crippen LogP contribution in [0.4, 0.5) is 0 Å². The number of benzene rings is 1. The zero-order chi connectivity index (χ0) is 15.8. The van der Waals surface area contributed by atoms with Gasteiger partial charge in [0.2, 0.25) is 0 Å². The van der Waals surface area contributed by atoms with E-state index >= 15 is 0 Å². The summed E-state index contributed by atoms with van der Waals surface area (Å²) in [4.78, 5) is 33.5. The second kappa shape index (κ2) is 7.44. The lowest BCUT2D eigenvalue weighted by Crippen LogP contribution is -2.08. The van der Waals surface area contributed by atoms with Crippen molar-refractivity contribution >= 4 is 17.9 Å². The van der Waals surface area contributed by atoms with Crippen molar-refractivity contribution in [2.45, 2.75) is 0 Å². The molecule has 0 bridgehead atoms. The molecule has 0 fully saturated rings. The van der Waals surface area contributed by atoms with Crippen LogP contribution < -0.4 is 14.2 Å². The first-order valence-corrected chi connectivity index (χ1v) is 5.66. The monoisotopic (exact) mass is 288 g/mol. The van der Waals surface area contributed by atoms with Gasteiger partial charge in [-0.2, -0.15) is 0 Å². The Morgan fingerprint density at radius 1 is 0.667 bits per heavy atom. The first-order chi connectivity index (χ1) is 9.98. The Morgan fingerprint density at radius 3 is 1.10 bits per heavy atom. The Morgan fingerprint density at radius 2 is 0.905 bits per heavy atom. The largest absolute Gasteiger partial charge is 0.423 e. The van der Waals surface area contributed by atoms with Gasteiger partial charge < -0.3 is 14.2 Å². The molecule has 0 N–H and O–H groups in total. The van der Waals surface area contributed by atoms with E-state index in [-0.39, 0.29) is 17.2 Å². The fourth-order valence-electron chi connectivity index (χ4n) is 1.20. The molecule has 0 atom stereocenters. The summed E-state index contributed by atoms with van der Waals surface area (Å²) in [5.41, 5.74) is 0. The summed E-state index contributed by atoms with van der Waals surface area (Å²) in [5.74, 6) is -2.11. The zero-order valence-electron chi connectivity index (χ0n) is 11.0. The van der Waals surface area contributed by atoms with E-state index < -0.39 is 17.9 Å². The Hall–Kier alpha value is -3.15. The Bertz CT molecular complexity index is 517. The summed E-state index contributed by atoms with van der Waals surface area (Å²) in [6.45, 7) is 9.76. The van der Waals surface area contributed by atoms with Gasteiger partial charge in [0.25, 0.3) is 0 Å². The summed E-state index contributed by atoms with van der Waals surface area (Å²) >= 11 is 0. The highest BCUT2D eigenvalue weighted by atomic mass is 16.6. The molecular formula is C15H12O6. The highest BCUT2D eigenvalue weighted by molar-refractivity contribution is 5.85. The molecule has 0 aliphatic carbocycles. The van der Waals surface area contributed by atoms with Crippen molar-refractivity contribution < 1.29 is 28.6 Å². The van der Waals surface area contributed by atoms with Gasteiger partial charge in [-0.25, -0.2) is 14.4 Å². The average molecular weight is 288 g/mol. The van der Waals surface area contributed by atoms with Crippen LogP contribution in [0.25, 0.3) is 0 Å². The molecule has 0 aliphatic rings. The maximum Gasteiger partial charge on any atom is 0.335 e. The fraction of sp³-hybridized carbons (Fsp3) is 0. The van der Waals surface area contributed by atoms with Gasteiger partial charge in [0.1, 0.15) is 17.2 Å². The minimum atomic E-state index is -0.719. The fourth-order valence-corrected chi connectivity index (χ4v) is 1.20. The number of rotatable bonds is 6. The minimum Gasteiger partial charge on any atom is -0.423 e. The Kier molecular flexibility index (Phi) is 5.64. The lowest BCUT2D eigenvalue weighted by atomic mass is 10.3. The van der Waals surface area contributed by atoms with E-state index in [0.29, 0.717) is 0 Å². The molecule has 1 aromatic carbocycles. The highest BCUT2D eigenvalue weighted by Crippen LogP contribution is 2.28. The van der Waals surface area contributed by atoms with Gasteiger partial charge in [-0.3, -0.25) is 0 Å². The third-order valence-electron chi connectivity index (χ3n) is 2.01. The number of esters is 3. The van der Waals surface area contributed by atoms with Crippen LogP contribution in [-0.2, 0) is 14.4 Å². The number of carbonyl (C=O) groups excluding carboxylic acids is 3. The minimum absolute atomic E-state index is 0.0149. The lowest BCUT2D eigenvalue weighted by Gasteiger charge is -2.08. The third kappa shape index (κ3) is 5.15. The maximum absolute atomic E-state index is 11.2. The molecule has 6 nitrogen and oxygen atoms in total. The Balaban J connectivity index is 3.11.